The molecule has 1 heterocycles. The Balaban J connectivity index is 2.96. The van der Waals surface area contributed by atoms with E-state index in [-0.39, 0.29) is 12.4 Å². The fourth-order valence-electron chi connectivity index (χ4n) is 2.06. The topological polar surface area (TPSA) is 69.0 Å². The average molecular weight is 336 g/mol. The van der Waals surface area contributed by atoms with Gasteiger partial charge < -0.3 is 14.6 Å². The van der Waals surface area contributed by atoms with Gasteiger partial charge in [0.05, 0.1) is 6.04 Å². The number of hydrogen-bond donors (Lipinski definition) is 1. The van der Waals surface area contributed by atoms with Crippen LogP contribution in [0.3, 0.4) is 0 Å². The normalized spacial score (nSPS) is 13.7. The van der Waals surface area contributed by atoms with Crippen molar-refractivity contribution >= 4 is 6.09 Å². The van der Waals surface area contributed by atoms with E-state index in [2.05, 4.69) is 15.5 Å². The second kappa shape index (κ2) is 7.18. The van der Waals surface area contributed by atoms with Crippen LogP contribution in [0.5, 0.6) is 0 Å². The van der Waals surface area contributed by atoms with Gasteiger partial charge in [-0.15, -0.1) is 10.2 Å². The zero-order chi connectivity index (χ0) is 17.8. The van der Waals surface area contributed by atoms with Crippen LogP contribution in [0, 0.1) is 0 Å². The van der Waals surface area contributed by atoms with Gasteiger partial charge in [0, 0.05) is 6.54 Å². The molecule has 1 atom stereocenters. The lowest BCUT2D eigenvalue weighted by Gasteiger charge is -2.23. The van der Waals surface area contributed by atoms with Crippen molar-refractivity contribution in [1.29, 1.82) is 0 Å². The number of carbonyl (C=O) groups is 1. The Morgan fingerprint density at radius 1 is 1.26 bits per heavy atom. The molecule has 0 radical (unpaired) electrons. The van der Waals surface area contributed by atoms with E-state index in [9.17, 15) is 18.0 Å². The van der Waals surface area contributed by atoms with Gasteiger partial charge in [-0.05, 0) is 34.1 Å². The Hall–Kier alpha value is -1.80. The number of amides is 1. The maximum absolute atomic E-state index is 12.6. The molecule has 23 heavy (non-hydrogen) atoms. The van der Waals surface area contributed by atoms with Crippen LogP contribution in [-0.2, 0) is 17.7 Å². The van der Waals surface area contributed by atoms with Crippen LogP contribution < -0.4 is 5.32 Å². The number of nitrogens with zero attached hydrogens (tertiary/aromatic N) is 3. The molecule has 1 unspecified atom stereocenters. The lowest BCUT2D eigenvalue weighted by molar-refractivity contribution is -0.129. The number of rotatable bonds is 5. The van der Waals surface area contributed by atoms with E-state index in [1.54, 1.807) is 34.6 Å². The molecule has 0 spiro atoms. The lowest BCUT2D eigenvalue weighted by atomic mass is 10.2. The molecule has 0 aliphatic rings. The number of halogens is 3. The van der Waals surface area contributed by atoms with E-state index in [1.807, 2.05) is 0 Å². The van der Waals surface area contributed by atoms with Gasteiger partial charge in [-0.1, -0.05) is 6.92 Å². The van der Waals surface area contributed by atoms with Crippen LogP contribution in [0.2, 0.25) is 0 Å². The van der Waals surface area contributed by atoms with Crippen LogP contribution in [0.1, 0.15) is 58.7 Å². The molecule has 1 amide bonds. The second-order valence-corrected chi connectivity index (χ2v) is 6.12. The van der Waals surface area contributed by atoms with E-state index in [1.165, 1.54) is 4.57 Å². The zero-order valence-corrected chi connectivity index (χ0v) is 14.0. The van der Waals surface area contributed by atoms with Gasteiger partial charge in [-0.2, -0.15) is 13.2 Å². The highest BCUT2D eigenvalue weighted by molar-refractivity contribution is 5.68. The van der Waals surface area contributed by atoms with Crippen molar-refractivity contribution in [1.82, 2.24) is 20.1 Å². The lowest BCUT2D eigenvalue weighted by Crippen LogP contribution is -2.36. The Morgan fingerprint density at radius 2 is 1.87 bits per heavy atom. The Bertz CT molecular complexity index is 535. The third kappa shape index (κ3) is 6.07. The molecule has 1 aromatic rings. The maximum atomic E-state index is 12.6. The minimum Gasteiger partial charge on any atom is -0.444 e. The van der Waals surface area contributed by atoms with Crippen LogP contribution in [0.25, 0.3) is 0 Å². The number of carbonyl (C=O) groups excluding carboxylic acids is 1. The van der Waals surface area contributed by atoms with E-state index in [4.69, 9.17) is 4.74 Å². The van der Waals surface area contributed by atoms with Gasteiger partial charge in [0.2, 0.25) is 0 Å². The molecule has 0 fully saturated rings. The van der Waals surface area contributed by atoms with Gasteiger partial charge in [-0.3, -0.25) is 0 Å². The molecular formula is C14H23F3N4O2. The van der Waals surface area contributed by atoms with E-state index >= 15 is 0 Å². The number of aromatic nitrogens is 3. The van der Waals surface area contributed by atoms with Crippen molar-refractivity contribution in [2.75, 3.05) is 0 Å². The molecule has 0 bridgehead atoms. The summed E-state index contributed by atoms with van der Waals surface area (Å²) in [6.07, 6.45) is -5.72. The first-order valence-electron chi connectivity index (χ1n) is 7.45. The third-order valence-corrected chi connectivity index (χ3v) is 2.94. The quantitative estimate of drug-likeness (QED) is 0.895. The van der Waals surface area contributed by atoms with E-state index in [0.717, 1.165) is 0 Å². The molecule has 132 valence electrons. The number of alkyl halides is 3. The van der Waals surface area contributed by atoms with Crippen LogP contribution in [0.4, 0.5) is 18.0 Å². The largest absolute Gasteiger partial charge is 0.444 e. The minimum atomic E-state index is -4.36. The minimum absolute atomic E-state index is 0.167. The summed E-state index contributed by atoms with van der Waals surface area (Å²) in [5, 5.41) is 10.1. The SMILES string of the molecule is CCC(NC(=O)OC(C)(C)C)c1nnc(CC(F)(F)F)n1CC. The Labute approximate surface area is 133 Å². The molecule has 1 aromatic heterocycles. The summed E-state index contributed by atoms with van der Waals surface area (Å²) in [6.45, 7) is 8.95. The van der Waals surface area contributed by atoms with Crippen molar-refractivity contribution in [3.63, 3.8) is 0 Å². The molecule has 1 N–H and O–H groups in total. The van der Waals surface area contributed by atoms with Gasteiger partial charge in [0.15, 0.2) is 5.82 Å². The molecule has 9 heteroatoms. The van der Waals surface area contributed by atoms with Crippen molar-refractivity contribution in [3.05, 3.63) is 11.6 Å². The number of nitrogens with one attached hydrogen (secondary N) is 1. The summed E-state index contributed by atoms with van der Waals surface area (Å²) in [7, 11) is 0. The monoisotopic (exact) mass is 336 g/mol. The molecule has 0 aromatic carbocycles. The highest BCUT2D eigenvalue weighted by Crippen LogP contribution is 2.23. The molecule has 6 nitrogen and oxygen atoms in total. The first kappa shape index (κ1) is 19.2. The van der Waals surface area contributed by atoms with Crippen LogP contribution in [0.15, 0.2) is 0 Å². The highest BCUT2D eigenvalue weighted by atomic mass is 19.4. The fraction of sp³-hybridized carbons (Fsp3) is 0.786. The van der Waals surface area contributed by atoms with Gasteiger partial charge in [0.1, 0.15) is 17.8 Å². The molecule has 1 rings (SSSR count). The first-order chi connectivity index (χ1) is 10.5. The zero-order valence-electron chi connectivity index (χ0n) is 14.0. The van der Waals surface area contributed by atoms with Crippen molar-refractivity contribution in [2.24, 2.45) is 0 Å². The van der Waals surface area contributed by atoms with Crippen molar-refractivity contribution < 1.29 is 22.7 Å². The Morgan fingerprint density at radius 3 is 2.30 bits per heavy atom. The molecule has 0 saturated heterocycles. The second-order valence-electron chi connectivity index (χ2n) is 6.12. The van der Waals surface area contributed by atoms with E-state index in [0.29, 0.717) is 12.2 Å². The molecular weight excluding hydrogens is 313 g/mol. The molecule has 0 aliphatic carbocycles. The van der Waals surface area contributed by atoms with Gasteiger partial charge in [-0.25, -0.2) is 4.79 Å². The summed E-state index contributed by atoms with van der Waals surface area (Å²) < 4.78 is 44.3. The van der Waals surface area contributed by atoms with Crippen molar-refractivity contribution in [3.8, 4) is 0 Å². The summed E-state index contributed by atoms with van der Waals surface area (Å²) in [4.78, 5) is 11.9. The smallest absolute Gasteiger partial charge is 0.408 e. The van der Waals surface area contributed by atoms with E-state index < -0.39 is 30.3 Å². The average Bonchev–Trinajstić information content (AvgIpc) is 2.74. The summed E-state index contributed by atoms with van der Waals surface area (Å²) in [6, 6.07) is -0.570. The number of hydrogen-bond acceptors (Lipinski definition) is 4. The number of ether oxygens (including phenoxy) is 1. The maximum Gasteiger partial charge on any atom is 0.408 e. The third-order valence-electron chi connectivity index (χ3n) is 2.94. The molecule has 0 aliphatic heterocycles. The fourth-order valence-corrected chi connectivity index (χ4v) is 2.06. The van der Waals surface area contributed by atoms with Gasteiger partial charge in [0.25, 0.3) is 0 Å². The highest BCUT2D eigenvalue weighted by Gasteiger charge is 2.32. The van der Waals surface area contributed by atoms with Gasteiger partial charge >= 0.3 is 12.3 Å². The first-order valence-corrected chi connectivity index (χ1v) is 7.45. The molecule has 0 saturated carbocycles. The summed E-state index contributed by atoms with van der Waals surface area (Å²) >= 11 is 0. The standard InChI is InChI=1S/C14H23F3N4O2/c1-6-9(18-12(22)23-13(3,4)5)11-20-19-10(21(11)7-2)8-14(15,16)17/h9H,6-8H2,1-5H3,(H,18,22). The Kier molecular flexibility index (Phi) is 6.01. The number of alkyl carbamates (subject to hydrolysis) is 1. The van der Waals surface area contributed by atoms with Crippen molar-refractivity contribution in [2.45, 2.75) is 71.8 Å². The summed E-state index contributed by atoms with van der Waals surface area (Å²) in [5.41, 5.74) is -0.664. The predicted octanol–water partition coefficient (Wildman–Crippen LogP) is 3.38. The van der Waals surface area contributed by atoms with Crippen LogP contribution >= 0.6 is 0 Å². The van der Waals surface area contributed by atoms with Crippen LogP contribution in [-0.4, -0.2) is 32.6 Å². The summed E-state index contributed by atoms with van der Waals surface area (Å²) in [5.74, 6) is 0.125. The predicted molar refractivity (Wildman–Crippen MR) is 77.9 cm³/mol.